The van der Waals surface area contributed by atoms with Gasteiger partial charge in [0, 0.05) is 30.1 Å². The molecule has 32 heavy (non-hydrogen) atoms. The Morgan fingerprint density at radius 1 is 1.16 bits per heavy atom. The zero-order valence-corrected chi connectivity index (χ0v) is 18.1. The van der Waals surface area contributed by atoms with Crippen molar-refractivity contribution in [2.24, 2.45) is 0 Å². The van der Waals surface area contributed by atoms with E-state index in [9.17, 15) is 9.18 Å². The number of nitrogens with one attached hydrogen (secondary N) is 1. The van der Waals surface area contributed by atoms with Crippen LogP contribution in [0.15, 0.2) is 78.3 Å². The number of benzene rings is 2. The molecular weight excluding hydrogens is 429 g/mol. The molecule has 0 unspecified atom stereocenters. The molecule has 0 aliphatic carbocycles. The number of nitrogens with zero attached hydrogens (tertiary/aromatic N) is 4. The number of ether oxygens (including phenoxy) is 1. The number of amides is 1. The third-order valence-corrected chi connectivity index (χ3v) is 5.44. The van der Waals surface area contributed by atoms with Gasteiger partial charge < -0.3 is 10.1 Å². The molecule has 1 N–H and O–H groups in total. The number of aromatic nitrogens is 4. The predicted molar refractivity (Wildman–Crippen MR) is 119 cm³/mol. The van der Waals surface area contributed by atoms with Gasteiger partial charge in [-0.15, -0.1) is 10.2 Å². The average Bonchev–Trinajstić information content (AvgIpc) is 3.26. The molecule has 0 bridgehead atoms. The Balaban J connectivity index is 1.35. The Labute approximate surface area is 188 Å². The van der Waals surface area contributed by atoms with Crippen molar-refractivity contribution in [3.8, 4) is 17.3 Å². The molecule has 2 heterocycles. The van der Waals surface area contributed by atoms with Crippen LogP contribution in [0.25, 0.3) is 5.69 Å². The molecule has 1 amide bonds. The van der Waals surface area contributed by atoms with E-state index in [0.717, 1.165) is 11.3 Å². The molecule has 2 aromatic carbocycles. The smallest absolute Gasteiger partial charge is 0.230 e. The van der Waals surface area contributed by atoms with Crippen molar-refractivity contribution in [3.05, 3.63) is 90.1 Å². The maximum Gasteiger partial charge on any atom is 0.230 e. The summed E-state index contributed by atoms with van der Waals surface area (Å²) in [7, 11) is 0. The molecule has 0 atom stereocenters. The van der Waals surface area contributed by atoms with Gasteiger partial charge >= 0.3 is 0 Å². The van der Waals surface area contributed by atoms with Gasteiger partial charge in [0.2, 0.25) is 11.8 Å². The Hall–Kier alpha value is -3.72. The highest BCUT2D eigenvalue weighted by atomic mass is 32.2. The van der Waals surface area contributed by atoms with Gasteiger partial charge in [-0.1, -0.05) is 41.6 Å². The molecule has 4 aromatic rings. The second-order valence-electron chi connectivity index (χ2n) is 6.91. The minimum absolute atomic E-state index is 0.172. The van der Waals surface area contributed by atoms with Gasteiger partial charge in [0.05, 0.1) is 5.75 Å². The van der Waals surface area contributed by atoms with E-state index in [1.807, 2.05) is 35.8 Å². The normalized spacial score (nSPS) is 10.7. The number of carbonyl (C=O) groups excluding carboxylic acids is 1. The summed E-state index contributed by atoms with van der Waals surface area (Å²) >= 11 is 1.29. The van der Waals surface area contributed by atoms with Crippen LogP contribution in [0.2, 0.25) is 0 Å². The van der Waals surface area contributed by atoms with E-state index in [-0.39, 0.29) is 18.2 Å². The van der Waals surface area contributed by atoms with E-state index in [4.69, 9.17) is 4.74 Å². The fourth-order valence-corrected chi connectivity index (χ4v) is 3.63. The van der Waals surface area contributed by atoms with Crippen LogP contribution in [0.1, 0.15) is 11.1 Å². The highest BCUT2D eigenvalue weighted by molar-refractivity contribution is 7.99. The lowest BCUT2D eigenvalue weighted by molar-refractivity contribution is -0.118. The number of halogens is 1. The van der Waals surface area contributed by atoms with Crippen molar-refractivity contribution in [1.29, 1.82) is 0 Å². The number of carbonyl (C=O) groups is 1. The van der Waals surface area contributed by atoms with Crippen molar-refractivity contribution < 1.29 is 13.9 Å². The Morgan fingerprint density at radius 3 is 2.81 bits per heavy atom. The van der Waals surface area contributed by atoms with E-state index in [1.54, 1.807) is 36.8 Å². The number of thioether (sulfide) groups is 1. The van der Waals surface area contributed by atoms with E-state index in [2.05, 4.69) is 20.5 Å². The summed E-state index contributed by atoms with van der Waals surface area (Å²) in [5.41, 5.74) is 2.77. The fourth-order valence-electron chi connectivity index (χ4n) is 2.87. The standard InChI is InChI=1S/C23H20FN5O2S/c1-16-7-9-19(10-8-16)29-15-27-28-23(29)32-14-21(30)26-13-17-4-3-11-25-22(17)31-20-6-2-5-18(24)12-20/h2-12,15H,13-14H2,1H3,(H,26,30). The van der Waals surface area contributed by atoms with Crippen molar-refractivity contribution >= 4 is 17.7 Å². The van der Waals surface area contributed by atoms with Crippen molar-refractivity contribution in [1.82, 2.24) is 25.1 Å². The molecule has 0 saturated heterocycles. The van der Waals surface area contributed by atoms with E-state index in [0.29, 0.717) is 22.3 Å². The fraction of sp³-hybridized carbons (Fsp3) is 0.130. The maximum absolute atomic E-state index is 13.4. The van der Waals surface area contributed by atoms with Gasteiger partial charge in [-0.3, -0.25) is 9.36 Å². The first-order valence-corrected chi connectivity index (χ1v) is 10.8. The highest BCUT2D eigenvalue weighted by Crippen LogP contribution is 2.24. The summed E-state index contributed by atoms with van der Waals surface area (Å²) in [5, 5.41) is 11.5. The zero-order chi connectivity index (χ0) is 22.3. The second-order valence-corrected chi connectivity index (χ2v) is 7.85. The topological polar surface area (TPSA) is 81.9 Å². The average molecular weight is 450 g/mol. The van der Waals surface area contributed by atoms with Crippen LogP contribution in [-0.4, -0.2) is 31.4 Å². The molecule has 7 nitrogen and oxygen atoms in total. The van der Waals surface area contributed by atoms with Crippen LogP contribution >= 0.6 is 11.8 Å². The molecule has 0 fully saturated rings. The van der Waals surface area contributed by atoms with Gasteiger partial charge in [0.1, 0.15) is 17.9 Å². The van der Waals surface area contributed by atoms with Crippen LogP contribution in [0.4, 0.5) is 4.39 Å². The molecule has 0 radical (unpaired) electrons. The van der Waals surface area contributed by atoms with Crippen LogP contribution in [0.5, 0.6) is 11.6 Å². The summed E-state index contributed by atoms with van der Waals surface area (Å²) in [6.45, 7) is 2.25. The van der Waals surface area contributed by atoms with Crippen LogP contribution in [0, 0.1) is 12.7 Å². The minimum Gasteiger partial charge on any atom is -0.439 e. The predicted octanol–water partition coefficient (Wildman–Crippen LogP) is 4.31. The summed E-state index contributed by atoms with van der Waals surface area (Å²) in [6, 6.07) is 17.3. The molecule has 9 heteroatoms. The number of hydrogen-bond acceptors (Lipinski definition) is 6. The highest BCUT2D eigenvalue weighted by Gasteiger charge is 2.12. The maximum atomic E-state index is 13.4. The molecular formula is C23H20FN5O2S. The quantitative estimate of drug-likeness (QED) is 0.404. The lowest BCUT2D eigenvalue weighted by Crippen LogP contribution is -2.25. The largest absolute Gasteiger partial charge is 0.439 e. The first kappa shape index (κ1) is 21.5. The Kier molecular flexibility index (Phi) is 6.76. The number of aryl methyl sites for hydroxylation is 1. The SMILES string of the molecule is Cc1ccc(-n2cnnc2SCC(=O)NCc2cccnc2Oc2cccc(F)c2)cc1. The zero-order valence-electron chi connectivity index (χ0n) is 17.2. The van der Waals surface area contributed by atoms with Gasteiger partial charge in [-0.2, -0.15) is 0 Å². The molecule has 0 aliphatic heterocycles. The first-order valence-electron chi connectivity index (χ1n) is 9.82. The first-order chi connectivity index (χ1) is 15.6. The van der Waals surface area contributed by atoms with Crippen LogP contribution in [0.3, 0.4) is 0 Å². The van der Waals surface area contributed by atoms with E-state index in [1.165, 1.54) is 23.9 Å². The van der Waals surface area contributed by atoms with E-state index >= 15 is 0 Å². The summed E-state index contributed by atoms with van der Waals surface area (Å²) in [6.07, 6.45) is 3.20. The molecule has 0 aliphatic rings. The van der Waals surface area contributed by atoms with Gasteiger partial charge in [-0.05, 0) is 37.3 Å². The van der Waals surface area contributed by atoms with Gasteiger partial charge in [0.25, 0.3) is 0 Å². The van der Waals surface area contributed by atoms with Gasteiger partial charge in [0.15, 0.2) is 5.16 Å². The van der Waals surface area contributed by atoms with Crippen molar-refractivity contribution in [2.75, 3.05) is 5.75 Å². The number of rotatable bonds is 8. The monoisotopic (exact) mass is 449 g/mol. The Bertz CT molecular complexity index is 1210. The van der Waals surface area contributed by atoms with Crippen molar-refractivity contribution in [3.63, 3.8) is 0 Å². The summed E-state index contributed by atoms with van der Waals surface area (Å²) in [5.74, 6) is 0.246. The van der Waals surface area contributed by atoms with E-state index < -0.39 is 5.82 Å². The number of pyridine rings is 1. The molecule has 2 aromatic heterocycles. The minimum atomic E-state index is -0.399. The molecule has 0 spiro atoms. The third kappa shape index (κ3) is 5.50. The lowest BCUT2D eigenvalue weighted by Gasteiger charge is -2.11. The third-order valence-electron chi connectivity index (χ3n) is 4.50. The molecule has 4 rings (SSSR count). The second kappa shape index (κ2) is 10.1. The number of hydrogen-bond donors (Lipinski definition) is 1. The molecule has 162 valence electrons. The summed E-state index contributed by atoms with van der Waals surface area (Å²) < 4.78 is 20.9. The van der Waals surface area contributed by atoms with Crippen LogP contribution < -0.4 is 10.1 Å². The molecule has 0 saturated carbocycles. The van der Waals surface area contributed by atoms with Crippen LogP contribution in [-0.2, 0) is 11.3 Å². The summed E-state index contributed by atoms with van der Waals surface area (Å²) in [4.78, 5) is 16.6. The van der Waals surface area contributed by atoms with Crippen molar-refractivity contribution in [2.45, 2.75) is 18.6 Å². The van der Waals surface area contributed by atoms with Gasteiger partial charge in [-0.25, -0.2) is 9.37 Å². The Morgan fingerprint density at radius 2 is 2.00 bits per heavy atom. The lowest BCUT2D eigenvalue weighted by atomic mass is 10.2.